The summed E-state index contributed by atoms with van der Waals surface area (Å²) in [5, 5.41) is 0. The summed E-state index contributed by atoms with van der Waals surface area (Å²) < 4.78 is 26.5. The van der Waals surface area contributed by atoms with E-state index >= 15 is 0 Å². The zero-order chi connectivity index (χ0) is 12.9. The summed E-state index contributed by atoms with van der Waals surface area (Å²) in [7, 11) is -3.46. The Kier molecular flexibility index (Phi) is 5.04. The molecule has 0 aromatic carbocycles. The Morgan fingerprint density at radius 3 is 2.65 bits per heavy atom. The molecule has 1 aromatic heterocycles. The molecule has 1 aromatic rings. The van der Waals surface area contributed by atoms with Crippen LogP contribution >= 0.6 is 0 Å². The van der Waals surface area contributed by atoms with E-state index in [4.69, 9.17) is 5.73 Å². The maximum Gasteiger partial charge on any atom is 0.242 e. The number of nitrogens with one attached hydrogen (secondary N) is 1. The standard InChI is InChI=1S/C11H19N3O2S/c1-3-4-9(2)14-17(15,16)11-6-5-10(7-12)13-8-11/h5-6,8-9,14H,3-4,7,12H2,1-2H3. The molecule has 6 heteroatoms. The number of nitrogens with two attached hydrogens (primary N) is 1. The molecule has 1 atom stereocenters. The van der Waals surface area contributed by atoms with Crippen molar-refractivity contribution in [2.75, 3.05) is 0 Å². The molecule has 0 spiro atoms. The summed E-state index contributed by atoms with van der Waals surface area (Å²) in [6.07, 6.45) is 3.09. The quantitative estimate of drug-likeness (QED) is 0.796. The van der Waals surface area contributed by atoms with Crippen molar-refractivity contribution in [3.05, 3.63) is 24.0 Å². The molecule has 0 saturated carbocycles. The largest absolute Gasteiger partial charge is 0.325 e. The Morgan fingerprint density at radius 1 is 1.47 bits per heavy atom. The summed E-state index contributed by atoms with van der Waals surface area (Å²) in [6.45, 7) is 4.17. The molecule has 3 N–H and O–H groups in total. The average Bonchev–Trinajstić information content (AvgIpc) is 2.28. The first-order valence-electron chi connectivity index (χ1n) is 5.67. The molecule has 96 valence electrons. The Labute approximate surface area is 102 Å². The fourth-order valence-electron chi connectivity index (χ4n) is 1.52. The van der Waals surface area contributed by atoms with Gasteiger partial charge in [0.1, 0.15) is 4.90 Å². The molecule has 0 saturated heterocycles. The van der Waals surface area contributed by atoms with Crippen LogP contribution in [0.3, 0.4) is 0 Å². The zero-order valence-electron chi connectivity index (χ0n) is 10.2. The lowest BCUT2D eigenvalue weighted by Crippen LogP contribution is -2.32. The molecule has 1 rings (SSSR count). The smallest absolute Gasteiger partial charge is 0.242 e. The van der Waals surface area contributed by atoms with Gasteiger partial charge in [0.2, 0.25) is 10.0 Å². The van der Waals surface area contributed by atoms with Crippen LogP contribution in [0.4, 0.5) is 0 Å². The van der Waals surface area contributed by atoms with Gasteiger partial charge >= 0.3 is 0 Å². The monoisotopic (exact) mass is 257 g/mol. The van der Waals surface area contributed by atoms with Crippen molar-refractivity contribution in [3.63, 3.8) is 0 Å². The molecule has 17 heavy (non-hydrogen) atoms. The number of pyridine rings is 1. The van der Waals surface area contributed by atoms with E-state index in [2.05, 4.69) is 9.71 Å². The molecule has 0 bridgehead atoms. The van der Waals surface area contributed by atoms with Crippen molar-refractivity contribution in [2.24, 2.45) is 5.73 Å². The van der Waals surface area contributed by atoms with Gasteiger partial charge in [-0.25, -0.2) is 13.1 Å². The normalized spacial score (nSPS) is 13.6. The number of hydrogen-bond donors (Lipinski definition) is 2. The highest BCUT2D eigenvalue weighted by atomic mass is 32.2. The molecular formula is C11H19N3O2S. The first-order chi connectivity index (χ1) is 7.99. The average molecular weight is 257 g/mol. The highest BCUT2D eigenvalue weighted by Crippen LogP contribution is 2.09. The molecule has 0 aliphatic carbocycles. The SMILES string of the molecule is CCCC(C)NS(=O)(=O)c1ccc(CN)nc1. The van der Waals surface area contributed by atoms with Gasteiger partial charge in [-0.3, -0.25) is 4.98 Å². The third-order valence-corrected chi connectivity index (χ3v) is 3.97. The van der Waals surface area contributed by atoms with Gasteiger partial charge in [0, 0.05) is 18.8 Å². The van der Waals surface area contributed by atoms with E-state index in [0.29, 0.717) is 12.2 Å². The van der Waals surface area contributed by atoms with Crippen LogP contribution in [0.15, 0.2) is 23.2 Å². The highest BCUT2D eigenvalue weighted by molar-refractivity contribution is 7.89. The van der Waals surface area contributed by atoms with Crippen LogP contribution in [0.1, 0.15) is 32.4 Å². The number of aromatic nitrogens is 1. The van der Waals surface area contributed by atoms with Crippen LogP contribution in [0, 0.1) is 0 Å². The predicted octanol–water partition coefficient (Wildman–Crippen LogP) is 1.01. The Balaban J connectivity index is 2.82. The maximum atomic E-state index is 11.9. The van der Waals surface area contributed by atoms with Gasteiger partial charge < -0.3 is 5.73 Å². The Hall–Kier alpha value is -0.980. The van der Waals surface area contributed by atoms with Gasteiger partial charge in [0.15, 0.2) is 0 Å². The molecule has 5 nitrogen and oxygen atoms in total. The molecule has 0 fully saturated rings. The van der Waals surface area contributed by atoms with E-state index in [0.717, 1.165) is 12.8 Å². The van der Waals surface area contributed by atoms with Crippen LogP contribution in [0.25, 0.3) is 0 Å². The summed E-state index contributed by atoms with van der Waals surface area (Å²) in [5.74, 6) is 0. The van der Waals surface area contributed by atoms with Crippen LogP contribution in [0.2, 0.25) is 0 Å². The van der Waals surface area contributed by atoms with Crippen LogP contribution in [-0.2, 0) is 16.6 Å². The van der Waals surface area contributed by atoms with E-state index in [-0.39, 0.29) is 10.9 Å². The summed E-state index contributed by atoms with van der Waals surface area (Å²) >= 11 is 0. The molecule has 0 amide bonds. The number of sulfonamides is 1. The summed E-state index contributed by atoms with van der Waals surface area (Å²) in [5.41, 5.74) is 6.07. The van der Waals surface area contributed by atoms with Crippen LogP contribution in [-0.4, -0.2) is 19.4 Å². The Morgan fingerprint density at radius 2 is 2.18 bits per heavy atom. The second-order valence-corrected chi connectivity index (χ2v) is 5.71. The summed E-state index contributed by atoms with van der Waals surface area (Å²) in [4.78, 5) is 4.15. The lowest BCUT2D eigenvalue weighted by Gasteiger charge is -2.13. The van der Waals surface area contributed by atoms with Crippen molar-refractivity contribution in [2.45, 2.75) is 44.2 Å². The summed E-state index contributed by atoms with van der Waals surface area (Å²) in [6, 6.07) is 3.08. The lowest BCUT2D eigenvalue weighted by molar-refractivity contribution is 0.543. The van der Waals surface area contributed by atoms with E-state index in [1.807, 2.05) is 13.8 Å². The molecule has 0 aliphatic rings. The number of nitrogens with zero attached hydrogens (tertiary/aromatic N) is 1. The second kappa shape index (κ2) is 6.09. The van der Waals surface area contributed by atoms with E-state index < -0.39 is 10.0 Å². The van der Waals surface area contributed by atoms with E-state index in [1.165, 1.54) is 12.3 Å². The number of rotatable bonds is 6. The minimum atomic E-state index is -3.46. The molecule has 0 radical (unpaired) electrons. The number of hydrogen-bond acceptors (Lipinski definition) is 4. The van der Waals surface area contributed by atoms with Crippen molar-refractivity contribution >= 4 is 10.0 Å². The predicted molar refractivity (Wildman–Crippen MR) is 66.8 cm³/mol. The fourth-order valence-corrected chi connectivity index (χ4v) is 2.74. The van der Waals surface area contributed by atoms with E-state index in [9.17, 15) is 8.42 Å². The first-order valence-corrected chi connectivity index (χ1v) is 7.15. The zero-order valence-corrected chi connectivity index (χ0v) is 11.0. The van der Waals surface area contributed by atoms with Gasteiger partial charge in [0.05, 0.1) is 5.69 Å². The van der Waals surface area contributed by atoms with Gasteiger partial charge in [-0.05, 0) is 25.5 Å². The lowest BCUT2D eigenvalue weighted by atomic mass is 10.2. The first kappa shape index (κ1) is 14.1. The van der Waals surface area contributed by atoms with Gasteiger partial charge in [-0.2, -0.15) is 0 Å². The third kappa shape index (κ3) is 4.07. The van der Waals surface area contributed by atoms with Crippen molar-refractivity contribution in [1.29, 1.82) is 0 Å². The van der Waals surface area contributed by atoms with Crippen molar-refractivity contribution < 1.29 is 8.42 Å². The van der Waals surface area contributed by atoms with Gasteiger partial charge in [-0.15, -0.1) is 0 Å². The highest BCUT2D eigenvalue weighted by Gasteiger charge is 2.16. The minimum absolute atomic E-state index is 0.0702. The Bertz CT molecular complexity index is 442. The molecule has 0 aliphatic heterocycles. The molecule has 1 unspecified atom stereocenters. The van der Waals surface area contributed by atoms with Gasteiger partial charge in [-0.1, -0.05) is 13.3 Å². The molecule has 1 heterocycles. The minimum Gasteiger partial charge on any atom is -0.325 e. The van der Waals surface area contributed by atoms with Gasteiger partial charge in [0.25, 0.3) is 0 Å². The maximum absolute atomic E-state index is 11.9. The van der Waals surface area contributed by atoms with Crippen molar-refractivity contribution in [1.82, 2.24) is 9.71 Å². The fraction of sp³-hybridized carbons (Fsp3) is 0.545. The second-order valence-electron chi connectivity index (χ2n) is 4.00. The van der Waals surface area contributed by atoms with Crippen LogP contribution < -0.4 is 10.5 Å². The van der Waals surface area contributed by atoms with Crippen molar-refractivity contribution in [3.8, 4) is 0 Å². The molecular weight excluding hydrogens is 238 g/mol. The van der Waals surface area contributed by atoms with E-state index in [1.54, 1.807) is 6.07 Å². The third-order valence-electron chi connectivity index (χ3n) is 2.40. The van der Waals surface area contributed by atoms with Crippen LogP contribution in [0.5, 0.6) is 0 Å². The topological polar surface area (TPSA) is 85.1 Å².